The van der Waals surface area contributed by atoms with Gasteiger partial charge in [0.2, 0.25) is 5.79 Å². The van der Waals surface area contributed by atoms with Crippen molar-refractivity contribution in [1.82, 2.24) is 0 Å². The van der Waals surface area contributed by atoms with Crippen molar-refractivity contribution in [3.05, 3.63) is 0 Å². The monoisotopic (exact) mass is 414 g/mol. The molecule has 0 aliphatic heterocycles. The third-order valence-electron chi connectivity index (χ3n) is 6.54. The molecule has 3 atom stereocenters. The molecule has 1 aliphatic rings. The lowest BCUT2D eigenvalue weighted by atomic mass is 9.72. The second-order valence-corrected chi connectivity index (χ2v) is 10.9. The van der Waals surface area contributed by atoms with Crippen molar-refractivity contribution in [2.45, 2.75) is 144 Å². The maximum absolute atomic E-state index is 6.19. The van der Waals surface area contributed by atoms with Gasteiger partial charge in [0.15, 0.2) is 0 Å². The zero-order chi connectivity index (χ0) is 22.1. The lowest BCUT2D eigenvalue weighted by molar-refractivity contribution is -0.561. The normalized spacial score (nSPS) is 25.3. The van der Waals surface area contributed by atoms with Crippen molar-refractivity contribution < 1.29 is 19.6 Å². The molecule has 0 heterocycles. The fourth-order valence-corrected chi connectivity index (χ4v) is 4.31. The molecule has 0 bridgehead atoms. The first-order valence-corrected chi connectivity index (χ1v) is 12.2. The van der Waals surface area contributed by atoms with Crippen LogP contribution >= 0.6 is 0 Å². The molecular formula is C25H50O4. The first-order chi connectivity index (χ1) is 13.5. The van der Waals surface area contributed by atoms with Crippen molar-refractivity contribution in [1.29, 1.82) is 0 Å². The summed E-state index contributed by atoms with van der Waals surface area (Å²) in [5, 5.41) is 0. The van der Waals surface area contributed by atoms with E-state index < -0.39 is 5.79 Å². The van der Waals surface area contributed by atoms with Gasteiger partial charge in [-0.25, -0.2) is 9.78 Å². The predicted octanol–water partition coefficient (Wildman–Crippen LogP) is 8.00. The van der Waals surface area contributed by atoms with E-state index in [9.17, 15) is 0 Å². The molecule has 4 nitrogen and oxygen atoms in total. The van der Waals surface area contributed by atoms with Crippen LogP contribution in [0, 0.1) is 17.8 Å². The van der Waals surface area contributed by atoms with Gasteiger partial charge in [0, 0.05) is 12.3 Å². The van der Waals surface area contributed by atoms with Crippen LogP contribution in [0.3, 0.4) is 0 Å². The van der Waals surface area contributed by atoms with Gasteiger partial charge in [-0.2, -0.15) is 9.78 Å². The minimum atomic E-state index is -0.860. The Balaban J connectivity index is 2.84. The quantitative estimate of drug-likeness (QED) is 0.125. The second kappa shape index (κ2) is 12.0. The van der Waals surface area contributed by atoms with Crippen molar-refractivity contribution in [3.63, 3.8) is 0 Å². The second-order valence-electron chi connectivity index (χ2n) is 10.9. The molecule has 174 valence electrons. The predicted molar refractivity (Wildman–Crippen MR) is 120 cm³/mol. The highest BCUT2D eigenvalue weighted by Crippen LogP contribution is 2.45. The largest absolute Gasteiger partial charge is 0.237 e. The highest BCUT2D eigenvalue weighted by Gasteiger charge is 2.50. The Morgan fingerprint density at radius 1 is 0.759 bits per heavy atom. The molecule has 0 saturated heterocycles. The summed E-state index contributed by atoms with van der Waals surface area (Å²) in [4.78, 5) is 24.5. The molecule has 3 unspecified atom stereocenters. The summed E-state index contributed by atoms with van der Waals surface area (Å²) >= 11 is 0. The summed E-state index contributed by atoms with van der Waals surface area (Å²) < 4.78 is 0. The van der Waals surface area contributed by atoms with Crippen LogP contribution in [0.2, 0.25) is 0 Å². The third kappa shape index (κ3) is 9.25. The Morgan fingerprint density at radius 2 is 1.21 bits per heavy atom. The average Bonchev–Trinajstić information content (AvgIpc) is 2.63. The molecule has 1 fully saturated rings. The summed E-state index contributed by atoms with van der Waals surface area (Å²) in [6, 6.07) is 0. The Bertz CT molecular complexity index is 420. The van der Waals surface area contributed by atoms with Crippen LogP contribution in [0.25, 0.3) is 0 Å². The van der Waals surface area contributed by atoms with E-state index in [2.05, 4.69) is 62.3 Å². The molecule has 0 aromatic carbocycles. The number of hydrogen-bond acceptors (Lipinski definition) is 4. The fourth-order valence-electron chi connectivity index (χ4n) is 4.31. The van der Waals surface area contributed by atoms with Gasteiger partial charge in [0.05, 0.1) is 11.2 Å². The van der Waals surface area contributed by atoms with Gasteiger partial charge >= 0.3 is 0 Å². The van der Waals surface area contributed by atoms with E-state index in [4.69, 9.17) is 19.6 Å². The zero-order valence-corrected chi connectivity index (χ0v) is 20.9. The Hall–Kier alpha value is -0.160. The van der Waals surface area contributed by atoms with E-state index in [1.807, 2.05) is 0 Å². The van der Waals surface area contributed by atoms with Crippen molar-refractivity contribution >= 4 is 0 Å². The van der Waals surface area contributed by atoms with Crippen LogP contribution in [-0.4, -0.2) is 17.0 Å². The maximum Gasteiger partial charge on any atom is 0.237 e. The van der Waals surface area contributed by atoms with Gasteiger partial charge in [0.25, 0.3) is 0 Å². The van der Waals surface area contributed by atoms with Gasteiger partial charge in [-0.3, -0.25) is 0 Å². The molecule has 0 amide bonds. The van der Waals surface area contributed by atoms with Crippen LogP contribution in [0.4, 0.5) is 0 Å². The first kappa shape index (κ1) is 26.9. The number of unbranched alkanes of at least 4 members (excludes halogenated alkanes) is 4. The van der Waals surface area contributed by atoms with Crippen LogP contribution in [0.5, 0.6) is 0 Å². The molecule has 0 N–H and O–H groups in total. The number of hydrogen-bond donors (Lipinski definition) is 0. The topological polar surface area (TPSA) is 36.9 Å². The Morgan fingerprint density at radius 3 is 1.62 bits per heavy atom. The van der Waals surface area contributed by atoms with E-state index in [1.54, 1.807) is 0 Å². The van der Waals surface area contributed by atoms with Gasteiger partial charge in [-0.15, -0.1) is 0 Å². The summed E-state index contributed by atoms with van der Waals surface area (Å²) in [5.74, 6) is 0.315. The minimum absolute atomic E-state index is 0.191. The summed E-state index contributed by atoms with van der Waals surface area (Å²) in [6.45, 7) is 19.6. The van der Waals surface area contributed by atoms with E-state index in [0.29, 0.717) is 11.8 Å². The minimum Gasteiger partial charge on any atom is -0.228 e. The summed E-state index contributed by atoms with van der Waals surface area (Å²) in [6.07, 6.45) is 11.0. The van der Waals surface area contributed by atoms with Gasteiger partial charge in [-0.05, 0) is 58.8 Å². The molecule has 1 saturated carbocycles. The summed E-state index contributed by atoms with van der Waals surface area (Å²) in [5.41, 5.74) is -0.683. The van der Waals surface area contributed by atoms with Crippen molar-refractivity contribution in [2.75, 3.05) is 0 Å². The summed E-state index contributed by atoms with van der Waals surface area (Å²) in [7, 11) is 0. The standard InChI is InChI=1S/C25H50O4/c1-10-12-14-16-23(6,7)26-28-25(19-20(3)18-21(4)22(25)5)29-27-24(8,9)17-15-13-11-2/h20-22H,10-19H2,1-9H3. The average molecular weight is 415 g/mol. The maximum atomic E-state index is 6.19. The highest BCUT2D eigenvalue weighted by molar-refractivity contribution is 4.87. The van der Waals surface area contributed by atoms with Crippen LogP contribution in [-0.2, 0) is 19.6 Å². The fraction of sp³-hybridized carbons (Fsp3) is 1.00. The highest BCUT2D eigenvalue weighted by atomic mass is 17.3. The SMILES string of the molecule is CCCCCC(C)(C)OOC1(OOC(C)(C)CCCCC)CC(C)CC(C)C1C. The lowest BCUT2D eigenvalue weighted by Gasteiger charge is -2.46. The molecule has 0 radical (unpaired) electrons. The third-order valence-corrected chi connectivity index (χ3v) is 6.54. The zero-order valence-electron chi connectivity index (χ0n) is 20.9. The molecule has 4 heteroatoms. The molecule has 29 heavy (non-hydrogen) atoms. The van der Waals surface area contributed by atoms with Gasteiger partial charge in [0.1, 0.15) is 0 Å². The molecule has 1 rings (SSSR count). The molecular weight excluding hydrogens is 364 g/mol. The van der Waals surface area contributed by atoms with Gasteiger partial charge < -0.3 is 0 Å². The first-order valence-electron chi connectivity index (χ1n) is 12.2. The van der Waals surface area contributed by atoms with Crippen LogP contribution < -0.4 is 0 Å². The number of rotatable bonds is 14. The van der Waals surface area contributed by atoms with Gasteiger partial charge in [-0.1, -0.05) is 73.1 Å². The van der Waals surface area contributed by atoms with E-state index >= 15 is 0 Å². The Labute approximate surface area is 181 Å². The Kier molecular flexibility index (Phi) is 11.1. The van der Waals surface area contributed by atoms with Crippen molar-refractivity contribution in [3.8, 4) is 0 Å². The van der Waals surface area contributed by atoms with Crippen LogP contribution in [0.1, 0.15) is 127 Å². The lowest BCUT2D eigenvalue weighted by Crippen LogP contribution is -2.52. The van der Waals surface area contributed by atoms with Crippen LogP contribution in [0.15, 0.2) is 0 Å². The molecule has 1 aliphatic carbocycles. The molecule has 0 aromatic heterocycles. The van der Waals surface area contributed by atoms with E-state index in [-0.39, 0.29) is 17.1 Å². The van der Waals surface area contributed by atoms with E-state index in [1.165, 1.54) is 32.1 Å². The molecule has 0 spiro atoms. The smallest absolute Gasteiger partial charge is 0.228 e. The molecule has 0 aromatic rings. The van der Waals surface area contributed by atoms with E-state index in [0.717, 1.165) is 32.1 Å². The van der Waals surface area contributed by atoms with Crippen molar-refractivity contribution in [2.24, 2.45) is 17.8 Å².